The third-order valence-electron chi connectivity index (χ3n) is 2.76. The minimum atomic E-state index is -0.715. The Morgan fingerprint density at radius 1 is 1.29 bits per heavy atom. The van der Waals surface area contributed by atoms with Crippen molar-refractivity contribution in [1.29, 1.82) is 0 Å². The molecule has 0 fully saturated rings. The van der Waals surface area contributed by atoms with Gasteiger partial charge in [0, 0.05) is 16.7 Å². The van der Waals surface area contributed by atoms with E-state index < -0.39 is 16.4 Å². The van der Waals surface area contributed by atoms with Crippen molar-refractivity contribution in [3.05, 3.63) is 62.7 Å². The minimum Gasteiger partial charge on any atom is -0.868 e. The van der Waals surface area contributed by atoms with Gasteiger partial charge in [-0.05, 0) is 30.4 Å². The van der Waals surface area contributed by atoms with Gasteiger partial charge in [0.2, 0.25) is 0 Å². The summed E-state index contributed by atoms with van der Waals surface area (Å²) in [7, 11) is 0. The normalized spacial score (nSPS) is 10.8. The molecule has 0 saturated carbocycles. The van der Waals surface area contributed by atoms with Crippen molar-refractivity contribution < 1.29 is 10.0 Å². The fourth-order valence-electron chi connectivity index (χ4n) is 1.60. The van der Waals surface area contributed by atoms with Crippen LogP contribution in [-0.4, -0.2) is 11.1 Å². The molecule has 6 nitrogen and oxygen atoms in total. The molecule has 2 aromatic carbocycles. The summed E-state index contributed by atoms with van der Waals surface area (Å²) < 4.78 is 0. The van der Waals surface area contributed by atoms with Gasteiger partial charge in [-0.25, -0.2) is 0 Å². The standard InChI is InChI=1S/C14H12ClN3O3/c1-9-2-4-11(7-12(9)15)17-16-8-10-3-5-14(19)13(6-10)18(20)21/h2-8,17,19H,1H3/p-1/b16-8-. The van der Waals surface area contributed by atoms with Crippen LogP contribution in [0.5, 0.6) is 5.75 Å². The number of hydrogen-bond donors (Lipinski definition) is 1. The molecule has 0 amide bonds. The number of benzene rings is 2. The molecular formula is C14H11ClN3O3-. The first-order valence-corrected chi connectivity index (χ1v) is 6.36. The summed E-state index contributed by atoms with van der Waals surface area (Å²) in [6, 6.07) is 9.15. The summed E-state index contributed by atoms with van der Waals surface area (Å²) in [5.41, 5.74) is 4.38. The highest BCUT2D eigenvalue weighted by Crippen LogP contribution is 2.23. The fourth-order valence-corrected chi connectivity index (χ4v) is 1.78. The third-order valence-corrected chi connectivity index (χ3v) is 3.17. The van der Waals surface area contributed by atoms with Crippen LogP contribution in [0.1, 0.15) is 11.1 Å². The molecule has 2 rings (SSSR count). The van der Waals surface area contributed by atoms with Crippen molar-refractivity contribution in [2.24, 2.45) is 5.10 Å². The van der Waals surface area contributed by atoms with E-state index in [0.717, 1.165) is 11.6 Å². The van der Waals surface area contributed by atoms with E-state index in [1.165, 1.54) is 18.3 Å². The summed E-state index contributed by atoms with van der Waals surface area (Å²) in [6.45, 7) is 1.89. The van der Waals surface area contributed by atoms with E-state index in [4.69, 9.17) is 11.6 Å². The molecule has 0 saturated heterocycles. The second-order valence-electron chi connectivity index (χ2n) is 4.32. The average Bonchev–Trinajstić information content (AvgIpc) is 2.44. The molecule has 0 unspecified atom stereocenters. The summed E-state index contributed by atoms with van der Waals surface area (Å²) in [4.78, 5) is 9.95. The number of nitro benzene ring substituents is 1. The van der Waals surface area contributed by atoms with E-state index in [2.05, 4.69) is 10.5 Å². The summed E-state index contributed by atoms with van der Waals surface area (Å²) in [5, 5.41) is 26.5. The Kier molecular flexibility index (Phi) is 4.39. The molecule has 2 aromatic rings. The van der Waals surface area contributed by atoms with Crippen LogP contribution in [0, 0.1) is 17.0 Å². The van der Waals surface area contributed by atoms with Gasteiger partial charge in [0.1, 0.15) is 0 Å². The first kappa shape index (κ1) is 14.8. The maximum atomic E-state index is 11.3. The molecule has 0 atom stereocenters. The minimum absolute atomic E-state index is 0.451. The van der Waals surface area contributed by atoms with Crippen molar-refractivity contribution in [3.63, 3.8) is 0 Å². The van der Waals surface area contributed by atoms with Gasteiger partial charge in [-0.15, -0.1) is 0 Å². The van der Waals surface area contributed by atoms with Crippen LogP contribution in [0.3, 0.4) is 0 Å². The smallest absolute Gasteiger partial charge is 0.262 e. The highest BCUT2D eigenvalue weighted by molar-refractivity contribution is 6.31. The van der Waals surface area contributed by atoms with Crippen LogP contribution in [-0.2, 0) is 0 Å². The number of rotatable bonds is 4. The number of halogens is 1. The first-order valence-electron chi connectivity index (χ1n) is 5.98. The lowest BCUT2D eigenvalue weighted by molar-refractivity contribution is -0.398. The molecule has 0 bridgehead atoms. The zero-order chi connectivity index (χ0) is 15.4. The molecular weight excluding hydrogens is 294 g/mol. The van der Waals surface area contributed by atoms with Gasteiger partial charge in [-0.1, -0.05) is 29.8 Å². The molecule has 0 aliphatic carbocycles. The molecule has 1 N–H and O–H groups in total. The zero-order valence-corrected chi connectivity index (χ0v) is 11.8. The Labute approximate surface area is 125 Å². The Balaban J connectivity index is 2.12. The molecule has 108 valence electrons. The number of hydrogen-bond acceptors (Lipinski definition) is 5. The number of anilines is 1. The van der Waals surface area contributed by atoms with E-state index >= 15 is 0 Å². The lowest BCUT2D eigenvalue weighted by atomic mass is 10.2. The van der Waals surface area contributed by atoms with Crippen molar-refractivity contribution >= 4 is 29.2 Å². The zero-order valence-electron chi connectivity index (χ0n) is 11.0. The Morgan fingerprint density at radius 3 is 2.71 bits per heavy atom. The quantitative estimate of drug-likeness (QED) is 0.534. The van der Waals surface area contributed by atoms with Crippen LogP contribution in [0.15, 0.2) is 41.5 Å². The van der Waals surface area contributed by atoms with Crippen LogP contribution in [0.2, 0.25) is 5.02 Å². The molecule has 0 aliphatic rings. The number of nitro groups is 1. The van der Waals surface area contributed by atoms with Crippen molar-refractivity contribution in [2.75, 3.05) is 5.43 Å². The largest absolute Gasteiger partial charge is 0.868 e. The number of nitrogens with one attached hydrogen (secondary N) is 1. The van der Waals surface area contributed by atoms with Gasteiger partial charge in [-0.2, -0.15) is 5.10 Å². The Hall–Kier alpha value is -2.60. The van der Waals surface area contributed by atoms with Crippen LogP contribution in [0.25, 0.3) is 0 Å². The predicted octanol–water partition coefficient (Wildman–Crippen LogP) is 3.08. The van der Waals surface area contributed by atoms with E-state index in [1.54, 1.807) is 6.07 Å². The first-order chi connectivity index (χ1) is 9.97. The average molecular weight is 305 g/mol. The topological polar surface area (TPSA) is 90.6 Å². The maximum Gasteiger partial charge on any atom is 0.262 e. The van der Waals surface area contributed by atoms with Gasteiger partial charge in [0.15, 0.2) is 0 Å². The lowest BCUT2D eigenvalue weighted by Crippen LogP contribution is -1.99. The van der Waals surface area contributed by atoms with E-state index in [1.807, 2.05) is 19.1 Å². The number of hydrazone groups is 1. The van der Waals surface area contributed by atoms with Gasteiger partial charge < -0.3 is 5.11 Å². The summed E-state index contributed by atoms with van der Waals surface area (Å²) in [5.74, 6) is -0.629. The van der Waals surface area contributed by atoms with Gasteiger partial charge >= 0.3 is 0 Å². The van der Waals surface area contributed by atoms with E-state index in [9.17, 15) is 15.2 Å². The highest BCUT2D eigenvalue weighted by atomic mass is 35.5. The molecule has 7 heteroatoms. The molecule has 0 radical (unpaired) electrons. The SMILES string of the molecule is Cc1ccc(N/N=C\c2ccc([O-])c([N+](=O)[O-])c2)cc1Cl. The number of aryl methyl sites for hydroxylation is 1. The van der Waals surface area contributed by atoms with Crippen molar-refractivity contribution in [2.45, 2.75) is 6.92 Å². The lowest BCUT2D eigenvalue weighted by Gasteiger charge is -2.06. The molecule has 0 aromatic heterocycles. The van der Waals surface area contributed by atoms with Crippen LogP contribution in [0.4, 0.5) is 11.4 Å². The third kappa shape index (κ3) is 3.70. The molecule has 0 heterocycles. The Morgan fingerprint density at radius 2 is 2.05 bits per heavy atom. The molecule has 21 heavy (non-hydrogen) atoms. The Bertz CT molecular complexity index is 717. The second kappa shape index (κ2) is 6.23. The summed E-state index contributed by atoms with van der Waals surface area (Å²) in [6.07, 6.45) is 1.39. The number of nitrogens with zero attached hydrogens (tertiary/aromatic N) is 2. The maximum absolute atomic E-state index is 11.3. The second-order valence-corrected chi connectivity index (χ2v) is 4.73. The monoisotopic (exact) mass is 304 g/mol. The molecule has 0 spiro atoms. The van der Waals surface area contributed by atoms with Crippen molar-refractivity contribution in [1.82, 2.24) is 0 Å². The predicted molar refractivity (Wildman–Crippen MR) is 79.9 cm³/mol. The van der Waals surface area contributed by atoms with Crippen molar-refractivity contribution in [3.8, 4) is 5.75 Å². The van der Waals surface area contributed by atoms with Crippen LogP contribution < -0.4 is 10.5 Å². The van der Waals surface area contributed by atoms with Gasteiger partial charge in [-0.3, -0.25) is 15.5 Å². The fraction of sp³-hybridized carbons (Fsp3) is 0.0714. The van der Waals surface area contributed by atoms with E-state index in [0.29, 0.717) is 16.3 Å². The molecule has 0 aliphatic heterocycles. The van der Waals surface area contributed by atoms with Gasteiger partial charge in [0.05, 0.1) is 16.8 Å². The van der Waals surface area contributed by atoms with E-state index in [-0.39, 0.29) is 0 Å². The van der Waals surface area contributed by atoms with Crippen LogP contribution >= 0.6 is 11.6 Å². The van der Waals surface area contributed by atoms with Gasteiger partial charge in [0.25, 0.3) is 5.69 Å². The highest BCUT2D eigenvalue weighted by Gasteiger charge is 2.06. The summed E-state index contributed by atoms with van der Waals surface area (Å²) >= 11 is 5.98.